The van der Waals surface area contributed by atoms with Gasteiger partial charge in [-0.15, -0.1) is 20.1 Å². The first-order valence-corrected chi connectivity index (χ1v) is 8.63. The molecule has 0 aliphatic carbocycles. The maximum atomic E-state index is 5.05. The molecule has 138 valence electrons. The minimum atomic E-state index is 0. The quantitative estimate of drug-likeness (QED) is 0.366. The van der Waals surface area contributed by atoms with Crippen molar-refractivity contribution in [2.75, 3.05) is 0 Å². The summed E-state index contributed by atoms with van der Waals surface area (Å²) >= 11 is 30.2. The fourth-order valence-corrected chi connectivity index (χ4v) is 3.57. The van der Waals surface area contributed by atoms with Crippen LogP contribution in [0.2, 0.25) is 0 Å². The molecule has 2 heterocycles. The molecule has 0 fully saturated rings. The van der Waals surface area contributed by atoms with Gasteiger partial charge in [0.05, 0.1) is 0 Å². The van der Waals surface area contributed by atoms with Crippen molar-refractivity contribution in [3.8, 4) is 0 Å². The zero-order valence-electron chi connectivity index (χ0n) is 12.7. The van der Waals surface area contributed by atoms with Crippen LogP contribution in [-0.2, 0) is 67.0 Å². The van der Waals surface area contributed by atoms with Crippen LogP contribution in [0.4, 0.5) is 0 Å². The second kappa shape index (κ2) is 10.4. The first-order chi connectivity index (χ1) is 11.3. The van der Waals surface area contributed by atoms with Gasteiger partial charge in [0, 0.05) is 41.3 Å². The number of rotatable bonds is 4. The maximum absolute atomic E-state index is 5.05. The van der Waals surface area contributed by atoms with Gasteiger partial charge in [-0.2, -0.15) is 0 Å². The Hall–Kier alpha value is -0.806. The maximum Gasteiger partial charge on any atom is 0.185 e. The van der Waals surface area contributed by atoms with Crippen molar-refractivity contribution in [1.82, 2.24) is 18.3 Å². The van der Waals surface area contributed by atoms with Crippen LogP contribution in [0.1, 0.15) is 0 Å². The van der Waals surface area contributed by atoms with E-state index in [0.29, 0.717) is 29.6 Å². The van der Waals surface area contributed by atoms with Crippen molar-refractivity contribution in [2.45, 2.75) is 20.1 Å². The van der Waals surface area contributed by atoms with E-state index in [2.05, 4.69) is 26.3 Å². The number of hydrogen-bond acceptors (Lipinski definition) is 6. The Morgan fingerprint density at radius 3 is 0.800 bits per heavy atom. The largest absolute Gasteiger partial charge is 0.762 e. The Kier molecular flexibility index (Phi) is 10.0. The van der Waals surface area contributed by atoms with Crippen LogP contribution in [-0.4, -0.2) is 18.3 Å². The summed E-state index contributed by atoms with van der Waals surface area (Å²) in [6, 6.07) is 0. The molecule has 2 rings (SSSR count). The first-order valence-electron chi connectivity index (χ1n) is 6.18. The Bertz CT molecular complexity index is 785. The Balaban J connectivity index is 0.000000443. The Morgan fingerprint density at radius 2 is 0.720 bits per heavy atom. The molecule has 0 saturated carbocycles. The number of nitrogens with zero attached hydrogens (tertiary/aromatic N) is 4. The number of imidazole rings is 2. The second-order valence-corrected chi connectivity index (χ2v) is 6.27. The van der Waals surface area contributed by atoms with Gasteiger partial charge in [-0.25, -0.2) is 0 Å². The predicted octanol–water partition coefficient (Wildman–Crippen LogP) is 4.06. The van der Waals surface area contributed by atoms with Gasteiger partial charge in [0.15, 0.2) is 9.54 Å². The third kappa shape index (κ3) is 4.68. The molecular weight excluding hydrogens is 475 g/mol. The molecule has 0 N–H and O–H groups in total. The van der Waals surface area contributed by atoms with Crippen molar-refractivity contribution < 1.29 is 16.5 Å². The average Bonchev–Trinajstić information content (AvgIpc) is 2.90. The van der Waals surface area contributed by atoms with E-state index in [1.807, 2.05) is 0 Å². The summed E-state index contributed by atoms with van der Waals surface area (Å²) in [4.78, 5) is 0. The van der Waals surface area contributed by atoms with E-state index in [1.54, 1.807) is 43.1 Å². The normalized spacial score (nSPS) is 9.28. The topological polar surface area (TPSA) is 19.7 Å². The van der Waals surface area contributed by atoms with Crippen LogP contribution in [0.3, 0.4) is 0 Å². The van der Waals surface area contributed by atoms with E-state index in [1.165, 1.54) is 0 Å². The van der Waals surface area contributed by atoms with Crippen LogP contribution in [0, 0.1) is 9.54 Å². The molecule has 0 amide bonds. The van der Waals surface area contributed by atoms with Gasteiger partial charge in [-0.1, -0.05) is 26.3 Å². The van der Waals surface area contributed by atoms with Crippen LogP contribution < -0.4 is 0 Å². The van der Waals surface area contributed by atoms with Crippen molar-refractivity contribution in [3.63, 3.8) is 0 Å². The van der Waals surface area contributed by atoms with Crippen LogP contribution in [0.15, 0.2) is 46.4 Å². The average molecular weight is 487 g/mol. The molecule has 11 heteroatoms. The molecule has 0 spiro atoms. The summed E-state index contributed by atoms with van der Waals surface area (Å²) in [7, 11) is 0. The molecule has 0 bridgehead atoms. The third-order valence-electron chi connectivity index (χ3n) is 2.80. The molecular formula is C14H12N4NiS6-4. The second-order valence-electron chi connectivity index (χ2n) is 4.00. The summed E-state index contributed by atoms with van der Waals surface area (Å²) in [5, 5.41) is 2.02. The minimum absolute atomic E-state index is 0. The minimum Gasteiger partial charge on any atom is -0.762 e. The van der Waals surface area contributed by atoms with E-state index in [9.17, 15) is 0 Å². The SMILES string of the molecule is C=Cn1c([S-])c([S-])n(C=C)c1=S.C=Cn1c([S-])c([S-])n(C=C)c1=S.[Ni]. The number of hydrogen-bond donors (Lipinski definition) is 0. The van der Waals surface area contributed by atoms with E-state index >= 15 is 0 Å². The van der Waals surface area contributed by atoms with Gasteiger partial charge in [-0.3, -0.25) is 0 Å². The van der Waals surface area contributed by atoms with Crippen molar-refractivity contribution in [1.29, 1.82) is 0 Å². The number of aromatic nitrogens is 4. The van der Waals surface area contributed by atoms with E-state index in [0.717, 1.165) is 0 Å². The van der Waals surface area contributed by atoms with Gasteiger partial charge in [0.25, 0.3) is 0 Å². The summed E-state index contributed by atoms with van der Waals surface area (Å²) in [5.41, 5.74) is 0. The van der Waals surface area contributed by atoms with Gasteiger partial charge >= 0.3 is 0 Å². The van der Waals surface area contributed by atoms with Crippen molar-refractivity contribution in [2.24, 2.45) is 0 Å². The molecule has 25 heavy (non-hydrogen) atoms. The summed E-state index contributed by atoms with van der Waals surface area (Å²) < 4.78 is 7.33. The Labute approximate surface area is 189 Å². The van der Waals surface area contributed by atoms with Crippen LogP contribution in [0.25, 0.3) is 24.8 Å². The zero-order chi connectivity index (χ0) is 18.6. The van der Waals surface area contributed by atoms with Gasteiger partial charge in [0.1, 0.15) is 0 Å². The van der Waals surface area contributed by atoms with E-state index < -0.39 is 0 Å². The fraction of sp³-hybridized carbons (Fsp3) is 0. The first kappa shape index (κ1) is 24.2. The standard InChI is InChI=1S/2C7H8N2S3.Ni/c2*1-3-8-5(10)6(11)9(4-2)7(8)12;/h2*3-4,10-11H,1-2H2;/p-4. The summed E-state index contributed by atoms with van der Waals surface area (Å²) in [6.45, 7) is 14.3. The molecule has 0 saturated heterocycles. The van der Waals surface area contributed by atoms with Crippen LogP contribution in [0.5, 0.6) is 0 Å². The molecule has 0 aromatic carbocycles. The molecule has 0 unspecified atom stereocenters. The van der Waals surface area contributed by atoms with Gasteiger partial charge < -0.3 is 68.8 Å². The zero-order valence-corrected chi connectivity index (χ0v) is 18.6. The molecule has 4 nitrogen and oxygen atoms in total. The summed E-state index contributed by atoms with van der Waals surface area (Å²) in [6.07, 6.45) is 6.17. The van der Waals surface area contributed by atoms with E-state index in [4.69, 9.17) is 75.0 Å². The molecule has 2 aromatic heterocycles. The van der Waals surface area contributed by atoms with Crippen LogP contribution >= 0.6 is 24.4 Å². The third-order valence-corrected chi connectivity index (χ3v) is 5.40. The summed E-state index contributed by atoms with van der Waals surface area (Å²) in [5.74, 6) is 0. The molecule has 0 atom stereocenters. The Morgan fingerprint density at radius 1 is 0.560 bits per heavy atom. The van der Waals surface area contributed by atoms with Gasteiger partial charge in [0.2, 0.25) is 0 Å². The van der Waals surface area contributed by atoms with Gasteiger partial charge in [-0.05, 0) is 24.4 Å². The monoisotopic (exact) mass is 486 g/mol. The fourth-order valence-electron chi connectivity index (χ4n) is 1.64. The van der Waals surface area contributed by atoms with Crippen molar-refractivity contribution >= 4 is 99.8 Å². The molecule has 2 aromatic rings. The molecule has 0 radical (unpaired) electrons. The molecule has 0 aliphatic heterocycles. The van der Waals surface area contributed by atoms with Crippen molar-refractivity contribution in [3.05, 3.63) is 35.9 Å². The van der Waals surface area contributed by atoms with E-state index in [-0.39, 0.29) is 16.5 Å². The predicted molar refractivity (Wildman–Crippen MR) is 115 cm³/mol. The molecule has 0 aliphatic rings. The smallest absolute Gasteiger partial charge is 0.185 e.